The van der Waals surface area contributed by atoms with E-state index < -0.39 is 6.10 Å². The molecule has 1 aromatic rings. The summed E-state index contributed by atoms with van der Waals surface area (Å²) in [5.41, 5.74) is 0.801. The molecule has 2 N–H and O–H groups in total. The summed E-state index contributed by atoms with van der Waals surface area (Å²) >= 11 is 0. The second kappa shape index (κ2) is 4.84. The van der Waals surface area contributed by atoms with Crippen LogP contribution in [0.15, 0.2) is 24.3 Å². The summed E-state index contributed by atoms with van der Waals surface area (Å²) in [5, 5.41) is 18.1. The molecule has 13 heavy (non-hydrogen) atoms. The highest BCUT2D eigenvalue weighted by atomic mass is 16.5. The van der Waals surface area contributed by atoms with E-state index in [4.69, 9.17) is 9.84 Å². The van der Waals surface area contributed by atoms with Crippen LogP contribution in [-0.2, 0) is 0 Å². The Morgan fingerprint density at radius 1 is 1.31 bits per heavy atom. The minimum Gasteiger partial charge on any atom is -0.497 e. The van der Waals surface area contributed by atoms with Crippen molar-refractivity contribution in [3.05, 3.63) is 29.8 Å². The second-order valence-corrected chi connectivity index (χ2v) is 2.80. The van der Waals surface area contributed by atoms with Crippen molar-refractivity contribution in [1.82, 2.24) is 0 Å². The highest BCUT2D eigenvalue weighted by Gasteiger charge is 2.05. The number of rotatable bonds is 4. The number of aliphatic hydroxyl groups is 2. The predicted octanol–water partition coefficient (Wildman–Crippen LogP) is 1.11. The molecule has 0 aromatic heterocycles. The van der Waals surface area contributed by atoms with Crippen molar-refractivity contribution in [1.29, 1.82) is 0 Å². The lowest BCUT2D eigenvalue weighted by Crippen LogP contribution is -1.99. The SMILES string of the molecule is COc1ccc(C(O)CCO)cc1. The standard InChI is InChI=1S/C10H14O3/c1-13-9-4-2-8(3-5-9)10(12)6-7-11/h2-5,10-12H,6-7H2,1H3. The molecule has 0 aliphatic heterocycles. The first-order valence-electron chi connectivity index (χ1n) is 4.21. The summed E-state index contributed by atoms with van der Waals surface area (Å²) in [6.45, 7) is -0.00675. The van der Waals surface area contributed by atoms with Crippen molar-refractivity contribution in [3.63, 3.8) is 0 Å². The maximum absolute atomic E-state index is 9.48. The van der Waals surface area contributed by atoms with Gasteiger partial charge in [-0.3, -0.25) is 0 Å². The van der Waals surface area contributed by atoms with Gasteiger partial charge in [-0.1, -0.05) is 12.1 Å². The molecule has 0 spiro atoms. The topological polar surface area (TPSA) is 49.7 Å². The fourth-order valence-electron chi connectivity index (χ4n) is 1.12. The Hall–Kier alpha value is -1.06. The molecule has 0 fully saturated rings. The van der Waals surface area contributed by atoms with Gasteiger partial charge in [0.25, 0.3) is 0 Å². The van der Waals surface area contributed by atoms with Crippen molar-refractivity contribution < 1.29 is 14.9 Å². The van der Waals surface area contributed by atoms with E-state index in [1.807, 2.05) is 0 Å². The Labute approximate surface area is 77.6 Å². The number of hydrogen-bond acceptors (Lipinski definition) is 3. The Morgan fingerprint density at radius 3 is 2.38 bits per heavy atom. The smallest absolute Gasteiger partial charge is 0.118 e. The van der Waals surface area contributed by atoms with Gasteiger partial charge in [0.1, 0.15) is 5.75 Å². The summed E-state index contributed by atoms with van der Waals surface area (Å²) in [6, 6.07) is 7.16. The second-order valence-electron chi connectivity index (χ2n) is 2.80. The highest BCUT2D eigenvalue weighted by molar-refractivity contribution is 5.28. The Balaban J connectivity index is 2.67. The number of hydrogen-bond donors (Lipinski definition) is 2. The van der Waals surface area contributed by atoms with Gasteiger partial charge in [0.05, 0.1) is 13.2 Å². The molecular formula is C10H14O3. The van der Waals surface area contributed by atoms with Gasteiger partial charge in [-0.05, 0) is 17.7 Å². The average Bonchev–Trinajstić information content (AvgIpc) is 2.18. The van der Waals surface area contributed by atoms with Gasteiger partial charge in [0.15, 0.2) is 0 Å². The minimum absolute atomic E-state index is 0.00675. The van der Waals surface area contributed by atoms with Crippen molar-refractivity contribution in [2.45, 2.75) is 12.5 Å². The quantitative estimate of drug-likeness (QED) is 0.733. The van der Waals surface area contributed by atoms with Gasteiger partial charge < -0.3 is 14.9 Å². The molecule has 1 atom stereocenters. The molecule has 0 aliphatic rings. The molecule has 0 bridgehead atoms. The molecule has 0 saturated carbocycles. The lowest BCUT2D eigenvalue weighted by atomic mass is 10.1. The first kappa shape index (κ1) is 10.0. The third-order valence-corrected chi connectivity index (χ3v) is 1.90. The van der Waals surface area contributed by atoms with Crippen LogP contribution in [0.2, 0.25) is 0 Å². The molecule has 0 heterocycles. The number of aliphatic hydroxyl groups excluding tert-OH is 2. The van der Waals surface area contributed by atoms with Crippen LogP contribution in [0.25, 0.3) is 0 Å². The van der Waals surface area contributed by atoms with Crippen LogP contribution in [0.3, 0.4) is 0 Å². The molecule has 0 amide bonds. The molecule has 72 valence electrons. The van der Waals surface area contributed by atoms with Gasteiger partial charge >= 0.3 is 0 Å². The Bertz CT molecular complexity index is 243. The average molecular weight is 182 g/mol. The van der Waals surface area contributed by atoms with Crippen molar-refractivity contribution in [2.24, 2.45) is 0 Å². The molecule has 0 radical (unpaired) electrons. The van der Waals surface area contributed by atoms with Crippen LogP contribution in [0, 0.1) is 0 Å². The van der Waals surface area contributed by atoms with E-state index in [1.54, 1.807) is 31.4 Å². The van der Waals surface area contributed by atoms with E-state index in [0.717, 1.165) is 11.3 Å². The largest absolute Gasteiger partial charge is 0.497 e. The summed E-state index contributed by atoms with van der Waals surface area (Å²) in [4.78, 5) is 0. The van der Waals surface area contributed by atoms with E-state index in [0.29, 0.717) is 6.42 Å². The summed E-state index contributed by atoms with van der Waals surface area (Å²) in [5.74, 6) is 0.764. The van der Waals surface area contributed by atoms with E-state index in [9.17, 15) is 5.11 Å². The third kappa shape index (κ3) is 2.72. The maximum Gasteiger partial charge on any atom is 0.118 e. The first-order chi connectivity index (χ1) is 6.27. The van der Waals surface area contributed by atoms with Crippen LogP contribution in [0.1, 0.15) is 18.1 Å². The maximum atomic E-state index is 9.48. The van der Waals surface area contributed by atoms with Crippen LogP contribution in [0.5, 0.6) is 5.75 Å². The molecule has 0 saturated heterocycles. The third-order valence-electron chi connectivity index (χ3n) is 1.90. The van der Waals surface area contributed by atoms with Crippen LogP contribution in [-0.4, -0.2) is 23.9 Å². The Kier molecular flexibility index (Phi) is 3.73. The fourth-order valence-corrected chi connectivity index (χ4v) is 1.12. The van der Waals surface area contributed by atoms with Gasteiger partial charge in [-0.15, -0.1) is 0 Å². The Morgan fingerprint density at radius 2 is 1.92 bits per heavy atom. The normalized spacial score (nSPS) is 12.5. The molecule has 1 unspecified atom stereocenters. The summed E-state index contributed by atoms with van der Waals surface area (Å²) in [6.07, 6.45) is -0.220. The number of ether oxygens (including phenoxy) is 1. The van der Waals surface area contributed by atoms with Crippen molar-refractivity contribution >= 4 is 0 Å². The number of benzene rings is 1. The molecular weight excluding hydrogens is 168 g/mol. The zero-order valence-corrected chi connectivity index (χ0v) is 7.60. The van der Waals surface area contributed by atoms with Crippen LogP contribution < -0.4 is 4.74 Å². The minimum atomic E-state index is -0.587. The monoisotopic (exact) mass is 182 g/mol. The fraction of sp³-hybridized carbons (Fsp3) is 0.400. The van der Waals surface area contributed by atoms with E-state index in [2.05, 4.69) is 0 Å². The summed E-state index contributed by atoms with van der Waals surface area (Å²) in [7, 11) is 1.60. The highest BCUT2D eigenvalue weighted by Crippen LogP contribution is 2.19. The van der Waals surface area contributed by atoms with Crippen molar-refractivity contribution in [2.75, 3.05) is 13.7 Å². The van der Waals surface area contributed by atoms with E-state index in [-0.39, 0.29) is 6.61 Å². The lowest BCUT2D eigenvalue weighted by molar-refractivity contribution is 0.134. The summed E-state index contributed by atoms with van der Waals surface area (Å²) < 4.78 is 4.98. The molecule has 3 heteroatoms. The molecule has 1 aromatic carbocycles. The van der Waals surface area contributed by atoms with Gasteiger partial charge in [-0.2, -0.15) is 0 Å². The van der Waals surface area contributed by atoms with Crippen molar-refractivity contribution in [3.8, 4) is 5.75 Å². The zero-order valence-electron chi connectivity index (χ0n) is 7.60. The van der Waals surface area contributed by atoms with Crippen LogP contribution in [0.4, 0.5) is 0 Å². The van der Waals surface area contributed by atoms with Crippen LogP contribution >= 0.6 is 0 Å². The van der Waals surface area contributed by atoms with E-state index >= 15 is 0 Å². The predicted molar refractivity (Wildman–Crippen MR) is 49.7 cm³/mol. The van der Waals surface area contributed by atoms with Gasteiger partial charge in [-0.25, -0.2) is 0 Å². The number of methoxy groups -OCH3 is 1. The first-order valence-corrected chi connectivity index (χ1v) is 4.21. The molecule has 1 rings (SSSR count). The zero-order chi connectivity index (χ0) is 9.68. The molecule has 3 nitrogen and oxygen atoms in total. The molecule has 0 aliphatic carbocycles. The lowest BCUT2D eigenvalue weighted by Gasteiger charge is -2.09. The van der Waals surface area contributed by atoms with E-state index in [1.165, 1.54) is 0 Å². The van der Waals surface area contributed by atoms with Gasteiger partial charge in [0.2, 0.25) is 0 Å². The van der Waals surface area contributed by atoms with Gasteiger partial charge in [0, 0.05) is 13.0 Å².